The molecule has 0 saturated heterocycles. The van der Waals surface area contributed by atoms with Crippen LogP contribution in [0.5, 0.6) is 0 Å². The fraction of sp³-hybridized carbons (Fsp3) is 0.929. The Hall–Kier alpha value is -1.06. The van der Waals surface area contributed by atoms with Crippen molar-refractivity contribution in [3.8, 4) is 0 Å². The summed E-state index contributed by atoms with van der Waals surface area (Å²) in [4.78, 5) is 24.9. The number of rotatable bonds is 20. The Morgan fingerprint density at radius 2 is 0.875 bits per heavy atom. The molecule has 2 unspecified atom stereocenters. The topological polar surface area (TPSA) is 52.6 Å². The summed E-state index contributed by atoms with van der Waals surface area (Å²) >= 11 is 0. The van der Waals surface area contributed by atoms with Crippen molar-refractivity contribution in [2.24, 2.45) is 11.8 Å². The molecule has 0 N–H and O–H groups in total. The van der Waals surface area contributed by atoms with E-state index in [0.29, 0.717) is 13.2 Å². The van der Waals surface area contributed by atoms with E-state index in [1.54, 1.807) is 0 Å². The van der Waals surface area contributed by atoms with E-state index in [2.05, 4.69) is 13.8 Å². The number of unbranched alkanes of at least 4 members (excludes halogenated alkanes) is 14. The molecule has 0 amide bonds. The zero-order chi connectivity index (χ0) is 23.3. The molecule has 188 valence electrons. The highest BCUT2D eigenvalue weighted by Crippen LogP contribution is 2.32. The minimum Gasteiger partial charge on any atom is -0.465 e. The number of esters is 2. The minimum atomic E-state index is -0.301. The third-order valence-corrected chi connectivity index (χ3v) is 6.86. The monoisotopic (exact) mass is 452 g/mol. The van der Waals surface area contributed by atoms with Gasteiger partial charge < -0.3 is 9.47 Å². The number of hydrogen-bond donors (Lipinski definition) is 0. The lowest BCUT2D eigenvalue weighted by Crippen LogP contribution is -2.35. The fourth-order valence-electron chi connectivity index (χ4n) is 4.70. The lowest BCUT2D eigenvalue weighted by atomic mass is 9.79. The van der Waals surface area contributed by atoms with Gasteiger partial charge in [-0.3, -0.25) is 9.59 Å². The molecule has 1 saturated carbocycles. The van der Waals surface area contributed by atoms with E-state index in [0.717, 1.165) is 51.4 Å². The summed E-state index contributed by atoms with van der Waals surface area (Å²) in [6.07, 6.45) is 23.8. The third-order valence-electron chi connectivity index (χ3n) is 6.86. The molecule has 1 rings (SSSR count). The zero-order valence-corrected chi connectivity index (χ0v) is 21.3. The molecule has 2 atom stereocenters. The molecule has 0 aromatic carbocycles. The lowest BCUT2D eigenvalue weighted by Gasteiger charge is -2.28. The summed E-state index contributed by atoms with van der Waals surface area (Å²) in [5, 5.41) is 0. The first kappa shape index (κ1) is 29.0. The summed E-state index contributed by atoms with van der Waals surface area (Å²) in [6.45, 7) is 5.30. The molecular formula is C28H52O4. The van der Waals surface area contributed by atoms with Gasteiger partial charge in [0.05, 0.1) is 25.0 Å². The Balaban J connectivity index is 2.00. The van der Waals surface area contributed by atoms with Crippen molar-refractivity contribution in [2.45, 2.75) is 142 Å². The van der Waals surface area contributed by atoms with Gasteiger partial charge in [-0.15, -0.1) is 0 Å². The van der Waals surface area contributed by atoms with Crippen LogP contribution in [-0.4, -0.2) is 25.2 Å². The Morgan fingerprint density at radius 3 is 1.28 bits per heavy atom. The minimum absolute atomic E-state index is 0.183. The molecule has 1 aliphatic carbocycles. The first-order valence-corrected chi connectivity index (χ1v) is 14.0. The van der Waals surface area contributed by atoms with Gasteiger partial charge in [0.2, 0.25) is 0 Å². The van der Waals surface area contributed by atoms with E-state index in [4.69, 9.17) is 9.47 Å². The predicted molar refractivity (Wildman–Crippen MR) is 133 cm³/mol. The van der Waals surface area contributed by atoms with E-state index < -0.39 is 0 Å². The Morgan fingerprint density at radius 1 is 0.531 bits per heavy atom. The molecular weight excluding hydrogens is 400 g/mol. The molecule has 4 nitrogen and oxygen atoms in total. The van der Waals surface area contributed by atoms with Gasteiger partial charge in [-0.1, -0.05) is 117 Å². The van der Waals surface area contributed by atoms with Gasteiger partial charge in [0.15, 0.2) is 0 Å². The molecule has 0 spiro atoms. The second-order valence-electron chi connectivity index (χ2n) is 9.78. The van der Waals surface area contributed by atoms with Crippen LogP contribution in [0.3, 0.4) is 0 Å². The Labute approximate surface area is 198 Å². The number of hydrogen-bond acceptors (Lipinski definition) is 4. The molecule has 0 heterocycles. The smallest absolute Gasteiger partial charge is 0.309 e. The zero-order valence-electron chi connectivity index (χ0n) is 21.3. The standard InChI is InChI=1S/C28H52O4/c1-3-5-7-8-9-10-11-12-13-14-15-16-17-20-24-32-28(30)26-22-19-18-21-25(26)27(29)31-23-6-4-2/h25-26H,3-24H2,1-2H3. The highest BCUT2D eigenvalue weighted by atomic mass is 16.5. The van der Waals surface area contributed by atoms with Crippen molar-refractivity contribution in [1.29, 1.82) is 0 Å². The van der Waals surface area contributed by atoms with Crippen molar-refractivity contribution < 1.29 is 19.1 Å². The fourth-order valence-corrected chi connectivity index (χ4v) is 4.70. The van der Waals surface area contributed by atoms with E-state index in [-0.39, 0.29) is 23.8 Å². The molecule has 0 radical (unpaired) electrons. The SMILES string of the molecule is CCCCCCCCCCCCCCCCOC(=O)C1CCCCC1C(=O)OCCCC. The largest absolute Gasteiger partial charge is 0.465 e. The van der Waals surface area contributed by atoms with E-state index in [9.17, 15) is 9.59 Å². The van der Waals surface area contributed by atoms with Crippen LogP contribution in [-0.2, 0) is 19.1 Å². The lowest BCUT2D eigenvalue weighted by molar-refractivity contribution is -0.163. The maximum atomic E-state index is 12.5. The molecule has 32 heavy (non-hydrogen) atoms. The second-order valence-corrected chi connectivity index (χ2v) is 9.78. The second kappa shape index (κ2) is 20.5. The van der Waals surface area contributed by atoms with Crippen LogP contribution in [0, 0.1) is 11.8 Å². The third kappa shape index (κ3) is 14.2. The molecule has 1 fully saturated rings. The summed E-state index contributed by atoms with van der Waals surface area (Å²) in [5.41, 5.74) is 0. The Kier molecular flexibility index (Phi) is 18.6. The van der Waals surface area contributed by atoms with Crippen molar-refractivity contribution in [3.63, 3.8) is 0 Å². The average Bonchev–Trinajstić information content (AvgIpc) is 2.81. The van der Waals surface area contributed by atoms with Crippen molar-refractivity contribution in [2.75, 3.05) is 13.2 Å². The van der Waals surface area contributed by atoms with Crippen LogP contribution in [0.4, 0.5) is 0 Å². The molecule has 0 aromatic heterocycles. The molecule has 0 bridgehead atoms. The maximum absolute atomic E-state index is 12.5. The Bertz CT molecular complexity index is 462. The first-order valence-electron chi connectivity index (χ1n) is 14.0. The van der Waals surface area contributed by atoms with Gasteiger partial charge in [-0.2, -0.15) is 0 Å². The van der Waals surface area contributed by atoms with E-state index in [1.807, 2.05) is 0 Å². The van der Waals surface area contributed by atoms with Crippen LogP contribution in [0.2, 0.25) is 0 Å². The van der Waals surface area contributed by atoms with Crippen LogP contribution in [0.15, 0.2) is 0 Å². The van der Waals surface area contributed by atoms with Gasteiger partial charge in [-0.25, -0.2) is 0 Å². The number of carbonyl (C=O) groups is 2. The average molecular weight is 453 g/mol. The van der Waals surface area contributed by atoms with E-state index in [1.165, 1.54) is 77.0 Å². The van der Waals surface area contributed by atoms with Gasteiger partial charge in [0.1, 0.15) is 0 Å². The van der Waals surface area contributed by atoms with Crippen LogP contribution < -0.4 is 0 Å². The van der Waals surface area contributed by atoms with Gasteiger partial charge >= 0.3 is 11.9 Å². The normalized spacial score (nSPS) is 18.4. The summed E-state index contributed by atoms with van der Waals surface area (Å²) in [5.74, 6) is -0.984. The first-order chi connectivity index (χ1) is 15.7. The van der Waals surface area contributed by atoms with Crippen molar-refractivity contribution in [3.05, 3.63) is 0 Å². The van der Waals surface area contributed by atoms with Gasteiger partial charge in [0, 0.05) is 0 Å². The molecule has 0 aliphatic heterocycles. The molecule has 4 heteroatoms. The summed E-state index contributed by atoms with van der Waals surface area (Å²) < 4.78 is 10.9. The highest BCUT2D eigenvalue weighted by molar-refractivity contribution is 5.82. The molecule has 1 aliphatic rings. The quantitative estimate of drug-likeness (QED) is 0.138. The predicted octanol–water partition coefficient (Wildman–Crippen LogP) is 8.16. The van der Waals surface area contributed by atoms with Crippen LogP contribution >= 0.6 is 0 Å². The summed E-state index contributed by atoms with van der Waals surface area (Å²) in [6, 6.07) is 0. The highest BCUT2D eigenvalue weighted by Gasteiger charge is 2.37. The van der Waals surface area contributed by atoms with Crippen LogP contribution in [0.1, 0.15) is 142 Å². The maximum Gasteiger partial charge on any atom is 0.309 e. The number of carbonyl (C=O) groups excluding carboxylic acids is 2. The van der Waals surface area contributed by atoms with Gasteiger partial charge in [-0.05, 0) is 25.7 Å². The molecule has 0 aromatic rings. The number of ether oxygens (including phenoxy) is 2. The van der Waals surface area contributed by atoms with Crippen LogP contribution in [0.25, 0.3) is 0 Å². The van der Waals surface area contributed by atoms with Crippen molar-refractivity contribution >= 4 is 11.9 Å². The summed E-state index contributed by atoms with van der Waals surface area (Å²) in [7, 11) is 0. The van der Waals surface area contributed by atoms with E-state index >= 15 is 0 Å². The van der Waals surface area contributed by atoms with Gasteiger partial charge in [0.25, 0.3) is 0 Å². The van der Waals surface area contributed by atoms with Crippen molar-refractivity contribution in [1.82, 2.24) is 0 Å².